The lowest BCUT2D eigenvalue weighted by Gasteiger charge is -2.24. The third-order valence-corrected chi connectivity index (χ3v) is 2.05. The zero-order valence-corrected chi connectivity index (χ0v) is 5.88. The van der Waals surface area contributed by atoms with Gasteiger partial charge >= 0.3 is 0 Å². The molecule has 0 aromatic carbocycles. The van der Waals surface area contributed by atoms with Gasteiger partial charge in [-0.15, -0.1) is 0 Å². The fraction of sp³-hybridized carbons (Fsp3) is 0.333. The lowest BCUT2D eigenvalue weighted by atomic mass is 9.80. The smallest absolute Gasteiger partial charge is 0.0270 e. The molecule has 1 aromatic heterocycles. The predicted octanol–water partition coefficient (Wildman–Crippen LogP) is 2.19. The van der Waals surface area contributed by atoms with Crippen LogP contribution in [0.4, 0.5) is 0 Å². The molecule has 0 saturated heterocycles. The Morgan fingerprint density at radius 2 is 1.80 bits per heavy atom. The Labute approximate surface area is 61.1 Å². The van der Waals surface area contributed by atoms with Crippen LogP contribution in [-0.2, 0) is 0 Å². The van der Waals surface area contributed by atoms with Crippen molar-refractivity contribution in [3.8, 4) is 0 Å². The summed E-state index contributed by atoms with van der Waals surface area (Å²) in [5.74, 6) is 1.60. The molecule has 0 bridgehead atoms. The van der Waals surface area contributed by atoms with Crippen molar-refractivity contribution in [1.29, 1.82) is 0 Å². The maximum atomic E-state index is 3.97. The molecule has 1 aliphatic carbocycles. The van der Waals surface area contributed by atoms with Crippen molar-refractivity contribution >= 4 is 0 Å². The average Bonchev–Trinajstić information content (AvgIpc) is 1.86. The second-order valence-corrected chi connectivity index (χ2v) is 2.69. The minimum atomic E-state index is 1.30. The van der Waals surface area contributed by atoms with Crippen LogP contribution in [-0.4, -0.2) is 4.98 Å². The highest BCUT2D eigenvalue weighted by atomic mass is 14.6. The van der Waals surface area contributed by atoms with E-state index in [1.54, 1.807) is 5.92 Å². The number of pyridine rings is 1. The molecule has 1 heteroatoms. The van der Waals surface area contributed by atoms with Crippen molar-refractivity contribution < 1.29 is 0 Å². The molecule has 1 aliphatic rings. The third kappa shape index (κ3) is 0.919. The fourth-order valence-electron chi connectivity index (χ4n) is 1.23. The summed E-state index contributed by atoms with van der Waals surface area (Å²) in [4.78, 5) is 3.97. The van der Waals surface area contributed by atoms with Gasteiger partial charge in [0.1, 0.15) is 0 Å². The van der Waals surface area contributed by atoms with Gasteiger partial charge in [0.2, 0.25) is 0 Å². The summed E-state index contributed by atoms with van der Waals surface area (Å²) in [6.07, 6.45) is 7.69. The summed E-state index contributed by atoms with van der Waals surface area (Å²) in [7, 11) is 0. The van der Waals surface area contributed by atoms with Gasteiger partial charge in [0.05, 0.1) is 0 Å². The molecule has 1 radical (unpaired) electrons. The summed E-state index contributed by atoms with van der Waals surface area (Å²) < 4.78 is 0. The van der Waals surface area contributed by atoms with Gasteiger partial charge in [0.25, 0.3) is 0 Å². The second kappa shape index (κ2) is 2.41. The van der Waals surface area contributed by atoms with Gasteiger partial charge in [-0.2, -0.15) is 0 Å². The standard InChI is InChI=1S/C9H10N/c1-2-8(3-1)9-4-6-10-7-5-9/h4-7H,1-3H2. The molecule has 51 valence electrons. The van der Waals surface area contributed by atoms with Gasteiger partial charge in [-0.25, -0.2) is 0 Å². The molecule has 1 fully saturated rings. The van der Waals surface area contributed by atoms with Gasteiger partial charge in [-0.3, -0.25) is 4.98 Å². The first-order chi connectivity index (χ1) is 4.97. The van der Waals surface area contributed by atoms with Crippen LogP contribution >= 0.6 is 0 Å². The van der Waals surface area contributed by atoms with E-state index in [-0.39, 0.29) is 0 Å². The molecule has 0 aliphatic heterocycles. The van der Waals surface area contributed by atoms with E-state index in [2.05, 4.69) is 17.1 Å². The topological polar surface area (TPSA) is 12.9 Å². The maximum Gasteiger partial charge on any atom is 0.0270 e. The monoisotopic (exact) mass is 132 g/mol. The molecule has 1 aromatic rings. The van der Waals surface area contributed by atoms with Crippen molar-refractivity contribution in [1.82, 2.24) is 4.98 Å². The van der Waals surface area contributed by atoms with E-state index >= 15 is 0 Å². The van der Waals surface area contributed by atoms with Gasteiger partial charge in [0, 0.05) is 18.3 Å². The zero-order valence-electron chi connectivity index (χ0n) is 5.88. The SMILES string of the molecule is c1cc([C]2CCC2)ccn1. The van der Waals surface area contributed by atoms with E-state index in [1.165, 1.54) is 24.8 Å². The Morgan fingerprint density at radius 3 is 2.30 bits per heavy atom. The van der Waals surface area contributed by atoms with Crippen molar-refractivity contribution in [3.05, 3.63) is 36.0 Å². The molecule has 0 spiro atoms. The number of hydrogen-bond acceptors (Lipinski definition) is 1. The van der Waals surface area contributed by atoms with Crippen molar-refractivity contribution in [3.63, 3.8) is 0 Å². The van der Waals surface area contributed by atoms with Crippen LogP contribution in [0.1, 0.15) is 24.8 Å². The van der Waals surface area contributed by atoms with Gasteiger partial charge in [-0.05, 0) is 30.5 Å². The van der Waals surface area contributed by atoms with E-state index in [9.17, 15) is 0 Å². The zero-order chi connectivity index (χ0) is 6.81. The van der Waals surface area contributed by atoms with Gasteiger partial charge < -0.3 is 0 Å². The van der Waals surface area contributed by atoms with Crippen LogP contribution in [0.25, 0.3) is 0 Å². The molecule has 0 atom stereocenters. The Morgan fingerprint density at radius 1 is 1.10 bits per heavy atom. The highest BCUT2D eigenvalue weighted by molar-refractivity contribution is 5.31. The predicted molar refractivity (Wildman–Crippen MR) is 40.4 cm³/mol. The molecule has 10 heavy (non-hydrogen) atoms. The lowest BCUT2D eigenvalue weighted by Crippen LogP contribution is -2.09. The second-order valence-electron chi connectivity index (χ2n) is 2.69. The first-order valence-electron chi connectivity index (χ1n) is 3.72. The van der Waals surface area contributed by atoms with E-state index in [1.807, 2.05) is 12.4 Å². The Bertz CT molecular complexity index is 201. The largest absolute Gasteiger partial charge is 0.265 e. The Hall–Kier alpha value is -0.850. The van der Waals surface area contributed by atoms with Crippen LogP contribution in [0.2, 0.25) is 0 Å². The molecule has 2 rings (SSSR count). The summed E-state index contributed by atoms with van der Waals surface area (Å²) in [5, 5.41) is 0. The van der Waals surface area contributed by atoms with Gasteiger partial charge in [0.15, 0.2) is 0 Å². The van der Waals surface area contributed by atoms with Crippen LogP contribution in [0.5, 0.6) is 0 Å². The molecular weight excluding hydrogens is 122 g/mol. The first kappa shape index (κ1) is 5.90. The van der Waals surface area contributed by atoms with Crippen LogP contribution < -0.4 is 0 Å². The lowest BCUT2D eigenvalue weighted by molar-refractivity contribution is 0.577. The van der Waals surface area contributed by atoms with Crippen LogP contribution in [0.3, 0.4) is 0 Å². The van der Waals surface area contributed by atoms with Crippen molar-refractivity contribution in [2.75, 3.05) is 0 Å². The Balaban J connectivity index is 2.18. The Kier molecular flexibility index (Phi) is 1.42. The van der Waals surface area contributed by atoms with Crippen LogP contribution in [0.15, 0.2) is 24.5 Å². The molecule has 1 heterocycles. The first-order valence-corrected chi connectivity index (χ1v) is 3.72. The number of rotatable bonds is 1. The highest BCUT2D eigenvalue weighted by Crippen LogP contribution is 2.34. The summed E-state index contributed by atoms with van der Waals surface area (Å²) in [5.41, 5.74) is 1.39. The van der Waals surface area contributed by atoms with Crippen LogP contribution in [0, 0.1) is 5.92 Å². The van der Waals surface area contributed by atoms with E-state index in [4.69, 9.17) is 0 Å². The summed E-state index contributed by atoms with van der Waals surface area (Å²) in [6.45, 7) is 0. The van der Waals surface area contributed by atoms with E-state index in [0.717, 1.165) is 0 Å². The molecule has 1 nitrogen and oxygen atoms in total. The summed E-state index contributed by atoms with van der Waals surface area (Å²) in [6, 6.07) is 4.18. The molecule has 0 N–H and O–H groups in total. The van der Waals surface area contributed by atoms with Crippen molar-refractivity contribution in [2.24, 2.45) is 0 Å². The van der Waals surface area contributed by atoms with E-state index < -0.39 is 0 Å². The number of nitrogens with zero attached hydrogens (tertiary/aromatic N) is 1. The molecule has 1 saturated carbocycles. The molecular formula is C9H10N. The average molecular weight is 132 g/mol. The quantitative estimate of drug-likeness (QED) is 0.570. The highest BCUT2D eigenvalue weighted by Gasteiger charge is 2.19. The fourth-order valence-corrected chi connectivity index (χ4v) is 1.23. The maximum absolute atomic E-state index is 3.97. The minimum Gasteiger partial charge on any atom is -0.265 e. The molecule has 0 unspecified atom stereocenters. The number of aromatic nitrogens is 1. The minimum absolute atomic E-state index is 1.30. The van der Waals surface area contributed by atoms with Crippen molar-refractivity contribution in [2.45, 2.75) is 19.3 Å². The van der Waals surface area contributed by atoms with E-state index in [0.29, 0.717) is 0 Å². The van der Waals surface area contributed by atoms with Gasteiger partial charge in [-0.1, -0.05) is 6.42 Å². The molecule has 0 amide bonds. The summed E-state index contributed by atoms with van der Waals surface area (Å²) >= 11 is 0. The third-order valence-electron chi connectivity index (χ3n) is 2.05. The normalized spacial score (nSPS) is 18.4. The number of hydrogen-bond donors (Lipinski definition) is 0.